The minimum atomic E-state index is -2.36. The molecule has 0 aromatic heterocycles. The second-order valence-electron chi connectivity index (χ2n) is 6.01. The van der Waals surface area contributed by atoms with Gasteiger partial charge in [0.1, 0.15) is 0 Å². The van der Waals surface area contributed by atoms with Crippen LogP contribution in [0.2, 0.25) is 0 Å². The normalized spacial score (nSPS) is 18.4. The Balaban J connectivity index is 0.000000491. The van der Waals surface area contributed by atoms with Gasteiger partial charge in [0.25, 0.3) is 0 Å². The van der Waals surface area contributed by atoms with Gasteiger partial charge < -0.3 is 4.55 Å². The maximum Gasteiger partial charge on any atom is 0.0152 e. The first-order valence-corrected chi connectivity index (χ1v) is 9.11. The predicted octanol–water partition coefficient (Wildman–Crippen LogP) is 3.96. The molecule has 0 saturated heterocycles. The number of aryl methyl sites for hydroxylation is 1. The molecule has 2 unspecified atom stereocenters. The molecule has 1 aromatic carbocycles. The number of rotatable bonds is 5. The molecule has 4 heteroatoms. The Bertz CT molecular complexity index is 387. The van der Waals surface area contributed by atoms with Gasteiger partial charge in [-0.15, -0.1) is 0 Å². The molecule has 3 nitrogen and oxygen atoms in total. The van der Waals surface area contributed by atoms with E-state index in [1.54, 1.807) is 0 Å². The quantitative estimate of drug-likeness (QED) is 0.836. The fraction of sp³-hybridized carbons (Fsp3) is 0.647. The van der Waals surface area contributed by atoms with E-state index in [4.69, 9.17) is 8.76 Å². The summed E-state index contributed by atoms with van der Waals surface area (Å²) in [6.07, 6.45) is 11.5. The Kier molecular flexibility index (Phi) is 9.55. The van der Waals surface area contributed by atoms with Crippen molar-refractivity contribution in [2.45, 2.75) is 58.3 Å². The molecule has 1 aliphatic carbocycles. The molecule has 0 amide bonds. The number of hydrogen-bond acceptors (Lipinski definition) is 2. The first kappa shape index (κ1) is 18.3. The Hall–Kier alpha value is -0.710. The molecule has 1 saturated carbocycles. The van der Waals surface area contributed by atoms with Crippen LogP contribution >= 0.6 is 0 Å². The van der Waals surface area contributed by atoms with Gasteiger partial charge in [0, 0.05) is 11.3 Å². The van der Waals surface area contributed by atoms with E-state index in [2.05, 4.69) is 42.4 Å². The lowest BCUT2D eigenvalue weighted by Gasteiger charge is -2.27. The van der Waals surface area contributed by atoms with Crippen molar-refractivity contribution < 1.29 is 8.76 Å². The van der Waals surface area contributed by atoms with E-state index in [1.165, 1.54) is 56.9 Å². The van der Waals surface area contributed by atoms with Gasteiger partial charge in [-0.25, -0.2) is 0 Å². The maximum absolute atomic E-state index is 8.78. The summed E-state index contributed by atoms with van der Waals surface area (Å²) in [4.78, 5) is 0. The van der Waals surface area contributed by atoms with Gasteiger partial charge in [0.15, 0.2) is 0 Å². The summed E-state index contributed by atoms with van der Waals surface area (Å²) < 4.78 is 17.6. The number of hydrogen-bond donors (Lipinski definition) is 1. The Labute approximate surface area is 131 Å². The molecule has 21 heavy (non-hydrogen) atoms. The van der Waals surface area contributed by atoms with Gasteiger partial charge in [-0.1, -0.05) is 75.8 Å². The zero-order valence-corrected chi connectivity index (χ0v) is 13.8. The van der Waals surface area contributed by atoms with E-state index < -0.39 is 11.3 Å². The van der Waals surface area contributed by atoms with E-state index in [1.807, 2.05) is 0 Å². The summed E-state index contributed by atoms with van der Waals surface area (Å²) in [6.45, 7) is 2.47. The molecule has 2 atom stereocenters. The molecule has 0 spiro atoms. The summed E-state index contributed by atoms with van der Waals surface area (Å²) in [6, 6.07) is 10.9. The van der Waals surface area contributed by atoms with Gasteiger partial charge in [0.05, 0.1) is 0 Å². The van der Waals surface area contributed by atoms with Crippen LogP contribution in [0.5, 0.6) is 0 Å². The molecule has 0 aliphatic heterocycles. The van der Waals surface area contributed by atoms with Crippen LogP contribution in [-0.2, 0) is 17.7 Å². The second kappa shape index (κ2) is 10.9. The van der Waals surface area contributed by atoms with Crippen LogP contribution in [-0.4, -0.2) is 8.76 Å². The lowest BCUT2D eigenvalue weighted by molar-refractivity contribution is 0.249. The zero-order chi connectivity index (χ0) is 15.5. The lowest BCUT2D eigenvalue weighted by Crippen LogP contribution is -2.15. The van der Waals surface area contributed by atoms with Crippen LogP contribution in [0.1, 0.15) is 57.4 Å². The molecule has 1 aromatic rings. The van der Waals surface area contributed by atoms with Crippen LogP contribution < -0.4 is 5.14 Å². The standard InChI is InChI=1S/C17H26.H3NO2S/c1-15(17-13-6-3-7-14-17)9-8-12-16-10-4-2-5-11-16;1-4(2)3/h2,4-5,10-11,15,17H,3,6-9,12-14H2,1H3;1H2,(H,2,3)/p-1. The van der Waals surface area contributed by atoms with Crippen molar-refractivity contribution >= 4 is 11.3 Å². The largest absolute Gasteiger partial charge is 0.760 e. The van der Waals surface area contributed by atoms with Gasteiger partial charge >= 0.3 is 0 Å². The van der Waals surface area contributed by atoms with Crippen molar-refractivity contribution in [2.24, 2.45) is 17.0 Å². The van der Waals surface area contributed by atoms with Gasteiger partial charge in [-0.3, -0.25) is 9.35 Å². The predicted molar refractivity (Wildman–Crippen MR) is 88.2 cm³/mol. The number of nitrogens with two attached hydrogens (primary N) is 1. The molecular weight excluding hydrogens is 282 g/mol. The van der Waals surface area contributed by atoms with Crippen molar-refractivity contribution in [3.63, 3.8) is 0 Å². The minimum absolute atomic E-state index is 0.944. The van der Waals surface area contributed by atoms with Crippen molar-refractivity contribution in [3.05, 3.63) is 35.9 Å². The average molecular weight is 310 g/mol. The van der Waals surface area contributed by atoms with Gasteiger partial charge in [-0.05, 0) is 30.2 Å². The highest BCUT2D eigenvalue weighted by atomic mass is 32.2. The zero-order valence-electron chi connectivity index (χ0n) is 13.0. The van der Waals surface area contributed by atoms with E-state index in [0.717, 1.165) is 11.8 Å². The molecule has 2 rings (SSSR count). The Morgan fingerprint density at radius 3 is 2.38 bits per heavy atom. The summed E-state index contributed by atoms with van der Waals surface area (Å²) in [5.74, 6) is 1.97. The average Bonchev–Trinajstić information content (AvgIpc) is 2.48. The number of benzene rings is 1. The molecule has 1 aliphatic rings. The summed E-state index contributed by atoms with van der Waals surface area (Å²) in [5.41, 5.74) is 1.50. The summed E-state index contributed by atoms with van der Waals surface area (Å²) in [5, 5.41) is 4.03. The first-order valence-electron chi connectivity index (χ1n) is 7.97. The highest BCUT2D eigenvalue weighted by Crippen LogP contribution is 2.32. The highest BCUT2D eigenvalue weighted by molar-refractivity contribution is 7.76. The third-order valence-corrected chi connectivity index (χ3v) is 4.42. The molecular formula is C17H28NO2S-. The second-order valence-corrected chi connectivity index (χ2v) is 6.53. The smallest absolute Gasteiger partial charge is 0.0152 e. The molecule has 0 radical (unpaired) electrons. The first-order chi connectivity index (χ1) is 10.1. The third kappa shape index (κ3) is 9.02. The van der Waals surface area contributed by atoms with E-state index >= 15 is 0 Å². The third-order valence-electron chi connectivity index (χ3n) is 4.42. The van der Waals surface area contributed by atoms with E-state index in [-0.39, 0.29) is 0 Å². The van der Waals surface area contributed by atoms with Crippen LogP contribution in [0.4, 0.5) is 0 Å². The topological polar surface area (TPSA) is 66.2 Å². The van der Waals surface area contributed by atoms with Crippen molar-refractivity contribution in [1.29, 1.82) is 0 Å². The van der Waals surface area contributed by atoms with E-state index in [9.17, 15) is 0 Å². The molecule has 0 bridgehead atoms. The molecule has 120 valence electrons. The van der Waals surface area contributed by atoms with Gasteiger partial charge in [0.2, 0.25) is 0 Å². The van der Waals surface area contributed by atoms with Crippen LogP contribution in [0.25, 0.3) is 0 Å². The minimum Gasteiger partial charge on any atom is -0.760 e. The lowest BCUT2D eigenvalue weighted by atomic mass is 9.79. The SMILES string of the molecule is CC(CCCc1ccccc1)C1CCCCC1.NS(=O)[O-]. The van der Waals surface area contributed by atoms with Crippen molar-refractivity contribution in [3.8, 4) is 0 Å². The molecule has 1 fully saturated rings. The van der Waals surface area contributed by atoms with E-state index in [0.29, 0.717) is 0 Å². The Morgan fingerprint density at radius 1 is 1.24 bits per heavy atom. The summed E-state index contributed by atoms with van der Waals surface area (Å²) in [7, 11) is 0. The van der Waals surface area contributed by atoms with Crippen LogP contribution in [0.3, 0.4) is 0 Å². The van der Waals surface area contributed by atoms with Gasteiger partial charge in [-0.2, -0.15) is 0 Å². The van der Waals surface area contributed by atoms with Crippen LogP contribution in [0.15, 0.2) is 30.3 Å². The fourth-order valence-electron chi connectivity index (χ4n) is 3.21. The fourth-order valence-corrected chi connectivity index (χ4v) is 3.21. The molecule has 2 N–H and O–H groups in total. The maximum atomic E-state index is 8.78. The highest BCUT2D eigenvalue weighted by Gasteiger charge is 2.19. The van der Waals surface area contributed by atoms with Crippen molar-refractivity contribution in [2.75, 3.05) is 0 Å². The summed E-state index contributed by atoms with van der Waals surface area (Å²) >= 11 is -2.36. The Morgan fingerprint density at radius 2 is 1.81 bits per heavy atom. The van der Waals surface area contributed by atoms with Crippen molar-refractivity contribution in [1.82, 2.24) is 0 Å². The van der Waals surface area contributed by atoms with Crippen LogP contribution in [0, 0.1) is 11.8 Å². The molecule has 0 heterocycles. The monoisotopic (exact) mass is 310 g/mol.